The Morgan fingerprint density at radius 2 is 2.45 bits per heavy atom. The molecule has 0 amide bonds. The normalized spacial score (nSPS) is 9.55. The maximum Gasteiger partial charge on any atom is 0.119 e. The highest BCUT2D eigenvalue weighted by atomic mass is 16.5. The SMILES string of the molecule is OCCCOc1c[c]ccc1. The van der Waals surface area contributed by atoms with E-state index in [0.717, 1.165) is 5.75 Å². The molecule has 1 N–H and O–H groups in total. The zero-order chi connectivity index (χ0) is 7.94. The molecule has 1 radical (unpaired) electrons. The minimum atomic E-state index is 0.177. The second kappa shape index (κ2) is 4.74. The first kappa shape index (κ1) is 8.08. The molecule has 59 valence electrons. The maximum absolute atomic E-state index is 8.46. The lowest BCUT2D eigenvalue weighted by atomic mass is 10.3. The molecule has 2 nitrogen and oxygen atoms in total. The van der Waals surface area contributed by atoms with Crippen molar-refractivity contribution in [1.29, 1.82) is 0 Å². The van der Waals surface area contributed by atoms with Gasteiger partial charge in [0.25, 0.3) is 0 Å². The van der Waals surface area contributed by atoms with Gasteiger partial charge in [-0.05, 0) is 18.2 Å². The van der Waals surface area contributed by atoms with E-state index >= 15 is 0 Å². The van der Waals surface area contributed by atoms with Crippen LogP contribution in [-0.2, 0) is 0 Å². The lowest BCUT2D eigenvalue weighted by molar-refractivity contribution is 0.233. The van der Waals surface area contributed by atoms with E-state index in [-0.39, 0.29) is 6.61 Å². The molecule has 1 aromatic carbocycles. The number of hydrogen-bond acceptors (Lipinski definition) is 2. The molecule has 0 aliphatic carbocycles. The van der Waals surface area contributed by atoms with Crippen molar-refractivity contribution in [1.82, 2.24) is 0 Å². The van der Waals surface area contributed by atoms with Crippen molar-refractivity contribution in [2.24, 2.45) is 0 Å². The Kier molecular flexibility index (Phi) is 3.48. The van der Waals surface area contributed by atoms with Gasteiger partial charge in [0.2, 0.25) is 0 Å². The molecule has 0 aromatic heterocycles. The Morgan fingerprint density at radius 1 is 1.55 bits per heavy atom. The van der Waals surface area contributed by atoms with Crippen LogP contribution in [0.25, 0.3) is 0 Å². The second-order valence-electron chi connectivity index (χ2n) is 2.16. The highest BCUT2D eigenvalue weighted by molar-refractivity contribution is 5.19. The summed E-state index contributed by atoms with van der Waals surface area (Å²) in [6.45, 7) is 0.741. The summed E-state index contributed by atoms with van der Waals surface area (Å²) < 4.78 is 5.26. The van der Waals surface area contributed by atoms with Crippen LogP contribution in [0.2, 0.25) is 0 Å². The van der Waals surface area contributed by atoms with Gasteiger partial charge in [-0.25, -0.2) is 0 Å². The molecule has 2 heteroatoms. The van der Waals surface area contributed by atoms with E-state index in [1.54, 1.807) is 6.07 Å². The first-order valence-electron chi connectivity index (χ1n) is 3.63. The van der Waals surface area contributed by atoms with E-state index in [0.29, 0.717) is 13.0 Å². The molecule has 0 unspecified atom stereocenters. The van der Waals surface area contributed by atoms with Crippen molar-refractivity contribution in [2.75, 3.05) is 13.2 Å². The Morgan fingerprint density at radius 3 is 3.09 bits per heavy atom. The van der Waals surface area contributed by atoms with Gasteiger partial charge in [0, 0.05) is 13.0 Å². The molecule has 0 spiro atoms. The zero-order valence-electron chi connectivity index (χ0n) is 6.29. The summed E-state index contributed by atoms with van der Waals surface area (Å²) in [6, 6.07) is 10.2. The van der Waals surface area contributed by atoms with Gasteiger partial charge in [0.1, 0.15) is 5.75 Å². The molecule has 0 bridgehead atoms. The van der Waals surface area contributed by atoms with E-state index in [1.807, 2.05) is 18.2 Å². The number of aliphatic hydroxyl groups excluding tert-OH is 1. The topological polar surface area (TPSA) is 29.5 Å². The standard InChI is InChI=1S/C9H11O2/c10-7-4-8-11-9-5-2-1-3-6-9/h1-2,5-6,10H,4,7-8H2. The molecule has 0 aliphatic heterocycles. The van der Waals surface area contributed by atoms with E-state index in [4.69, 9.17) is 9.84 Å². The summed E-state index contributed by atoms with van der Waals surface area (Å²) in [5, 5.41) is 8.46. The summed E-state index contributed by atoms with van der Waals surface area (Å²) in [6.07, 6.45) is 0.675. The fourth-order valence-corrected chi connectivity index (χ4v) is 0.721. The molecule has 11 heavy (non-hydrogen) atoms. The average Bonchev–Trinajstić information content (AvgIpc) is 2.07. The lowest BCUT2D eigenvalue weighted by Gasteiger charge is -2.02. The fourth-order valence-electron chi connectivity index (χ4n) is 0.721. The third-order valence-electron chi connectivity index (χ3n) is 1.25. The van der Waals surface area contributed by atoms with Crippen molar-refractivity contribution in [2.45, 2.75) is 6.42 Å². The van der Waals surface area contributed by atoms with Gasteiger partial charge in [-0.1, -0.05) is 12.1 Å². The number of aliphatic hydroxyl groups is 1. The Hall–Kier alpha value is -1.02. The molecule has 0 aliphatic rings. The summed E-state index contributed by atoms with van der Waals surface area (Å²) in [5.41, 5.74) is 0. The van der Waals surface area contributed by atoms with Gasteiger partial charge < -0.3 is 9.84 Å². The van der Waals surface area contributed by atoms with Crippen LogP contribution in [-0.4, -0.2) is 18.3 Å². The van der Waals surface area contributed by atoms with Crippen molar-refractivity contribution in [3.05, 3.63) is 30.3 Å². The van der Waals surface area contributed by atoms with Gasteiger partial charge in [0.15, 0.2) is 0 Å². The van der Waals surface area contributed by atoms with E-state index in [9.17, 15) is 0 Å². The van der Waals surface area contributed by atoms with E-state index < -0.39 is 0 Å². The first-order chi connectivity index (χ1) is 5.43. The monoisotopic (exact) mass is 151 g/mol. The summed E-state index contributed by atoms with van der Waals surface area (Å²) in [5.74, 6) is 0.806. The Bertz CT molecular complexity index is 184. The second-order valence-corrected chi connectivity index (χ2v) is 2.16. The van der Waals surface area contributed by atoms with E-state index in [1.165, 1.54) is 0 Å². The third-order valence-corrected chi connectivity index (χ3v) is 1.25. The predicted molar refractivity (Wildman–Crippen MR) is 42.5 cm³/mol. The van der Waals surface area contributed by atoms with Crippen LogP contribution in [0.3, 0.4) is 0 Å². The van der Waals surface area contributed by atoms with Crippen LogP contribution in [0.4, 0.5) is 0 Å². The summed E-state index contributed by atoms with van der Waals surface area (Å²) in [4.78, 5) is 0. The van der Waals surface area contributed by atoms with Crippen LogP contribution in [0.5, 0.6) is 5.75 Å². The van der Waals surface area contributed by atoms with Crippen molar-refractivity contribution in [3.63, 3.8) is 0 Å². The van der Waals surface area contributed by atoms with Crippen molar-refractivity contribution < 1.29 is 9.84 Å². The zero-order valence-corrected chi connectivity index (χ0v) is 6.29. The number of ether oxygens (including phenoxy) is 1. The minimum Gasteiger partial charge on any atom is -0.493 e. The van der Waals surface area contributed by atoms with Gasteiger partial charge in [0.05, 0.1) is 6.61 Å². The first-order valence-corrected chi connectivity index (χ1v) is 3.63. The van der Waals surface area contributed by atoms with Crippen LogP contribution < -0.4 is 4.74 Å². The van der Waals surface area contributed by atoms with Crippen molar-refractivity contribution >= 4 is 0 Å². The third kappa shape index (κ3) is 3.05. The molecule has 0 saturated heterocycles. The smallest absolute Gasteiger partial charge is 0.119 e. The van der Waals surface area contributed by atoms with Crippen LogP contribution in [0.15, 0.2) is 24.3 Å². The van der Waals surface area contributed by atoms with Gasteiger partial charge in [-0.2, -0.15) is 0 Å². The predicted octanol–water partition coefficient (Wildman–Crippen LogP) is 1.25. The van der Waals surface area contributed by atoms with Gasteiger partial charge in [-0.15, -0.1) is 0 Å². The minimum absolute atomic E-state index is 0.177. The number of rotatable bonds is 4. The molecule has 0 fully saturated rings. The molecule has 0 saturated carbocycles. The molecular formula is C9H11O2. The highest BCUT2D eigenvalue weighted by Crippen LogP contribution is 2.07. The van der Waals surface area contributed by atoms with Crippen LogP contribution >= 0.6 is 0 Å². The van der Waals surface area contributed by atoms with Gasteiger partial charge in [-0.3, -0.25) is 0 Å². The lowest BCUT2D eigenvalue weighted by Crippen LogP contribution is -1.98. The Labute approximate surface area is 66.4 Å². The highest BCUT2D eigenvalue weighted by Gasteiger charge is 1.89. The number of hydrogen-bond donors (Lipinski definition) is 1. The van der Waals surface area contributed by atoms with Gasteiger partial charge >= 0.3 is 0 Å². The molecule has 1 rings (SSSR count). The van der Waals surface area contributed by atoms with E-state index in [2.05, 4.69) is 6.07 Å². The summed E-state index contributed by atoms with van der Waals surface area (Å²) in [7, 11) is 0. The molecule has 0 heterocycles. The molecule has 1 aromatic rings. The van der Waals surface area contributed by atoms with Crippen LogP contribution in [0.1, 0.15) is 6.42 Å². The largest absolute Gasteiger partial charge is 0.493 e. The number of benzene rings is 1. The molecule has 0 atom stereocenters. The summed E-state index contributed by atoms with van der Waals surface area (Å²) >= 11 is 0. The van der Waals surface area contributed by atoms with Crippen molar-refractivity contribution in [3.8, 4) is 5.75 Å². The average molecular weight is 151 g/mol. The quantitative estimate of drug-likeness (QED) is 0.656. The Balaban J connectivity index is 2.28. The maximum atomic E-state index is 8.46. The van der Waals surface area contributed by atoms with Crippen LogP contribution in [0, 0.1) is 6.07 Å². The fraction of sp³-hybridized carbons (Fsp3) is 0.333. The molecular weight excluding hydrogens is 140 g/mol.